The molecule has 198 valence electrons. The van der Waals surface area contributed by atoms with Crippen LogP contribution in [0.25, 0.3) is 0 Å². The molecule has 2 rings (SSSR count). The zero-order chi connectivity index (χ0) is 26.9. The molecule has 0 bridgehead atoms. The van der Waals surface area contributed by atoms with E-state index in [4.69, 9.17) is 27.9 Å². The Bertz CT molecular complexity index is 1160. The molecule has 0 radical (unpaired) electrons. The molecule has 0 unspecified atom stereocenters. The molecule has 0 saturated carbocycles. The number of nitrogens with one attached hydrogen (secondary N) is 1. The number of sulfonamides is 1. The number of nitrogens with zero attached hydrogens (tertiary/aromatic N) is 2. The van der Waals surface area contributed by atoms with E-state index in [0.717, 1.165) is 29.0 Å². The fourth-order valence-electron chi connectivity index (χ4n) is 3.66. The molecule has 36 heavy (non-hydrogen) atoms. The Balaban J connectivity index is 2.46. The highest BCUT2D eigenvalue weighted by molar-refractivity contribution is 7.92. The van der Waals surface area contributed by atoms with E-state index in [1.807, 2.05) is 13.0 Å². The van der Waals surface area contributed by atoms with Gasteiger partial charge in [-0.05, 0) is 48.7 Å². The SMILES string of the molecule is CCCCNC(=O)[C@H](CC)N(Cc1cccc(OC)c1)C(=O)CN(c1cc(Cl)ccc1Cl)S(C)(=O)=O. The number of rotatable bonds is 13. The van der Waals surface area contributed by atoms with Gasteiger partial charge in [-0.15, -0.1) is 0 Å². The maximum Gasteiger partial charge on any atom is 0.244 e. The molecule has 0 aliphatic carbocycles. The van der Waals surface area contributed by atoms with Gasteiger partial charge < -0.3 is 15.0 Å². The van der Waals surface area contributed by atoms with Gasteiger partial charge in [-0.2, -0.15) is 0 Å². The van der Waals surface area contributed by atoms with Gasteiger partial charge in [0.15, 0.2) is 0 Å². The van der Waals surface area contributed by atoms with Crippen molar-refractivity contribution in [2.75, 3.05) is 30.8 Å². The average Bonchev–Trinajstić information content (AvgIpc) is 2.83. The van der Waals surface area contributed by atoms with Gasteiger partial charge in [0, 0.05) is 18.1 Å². The second-order valence-corrected chi connectivity index (χ2v) is 11.1. The molecule has 2 aromatic rings. The lowest BCUT2D eigenvalue weighted by Crippen LogP contribution is -2.52. The summed E-state index contributed by atoms with van der Waals surface area (Å²) in [7, 11) is -2.38. The first kappa shape index (κ1) is 29.7. The number of methoxy groups -OCH3 is 1. The van der Waals surface area contributed by atoms with Gasteiger partial charge >= 0.3 is 0 Å². The topological polar surface area (TPSA) is 96.0 Å². The molecule has 0 spiro atoms. The fraction of sp³-hybridized carbons (Fsp3) is 0.440. The highest BCUT2D eigenvalue weighted by Gasteiger charge is 2.32. The molecule has 0 aromatic heterocycles. The predicted octanol–water partition coefficient (Wildman–Crippen LogP) is 4.49. The molecule has 1 N–H and O–H groups in total. The fourth-order valence-corrected chi connectivity index (χ4v) is 4.95. The van der Waals surface area contributed by atoms with Crippen LogP contribution in [0.5, 0.6) is 5.75 Å². The smallest absolute Gasteiger partial charge is 0.244 e. The summed E-state index contributed by atoms with van der Waals surface area (Å²) in [6.45, 7) is 3.83. The first-order chi connectivity index (χ1) is 17.0. The predicted molar refractivity (Wildman–Crippen MR) is 144 cm³/mol. The van der Waals surface area contributed by atoms with Crippen LogP contribution in [0.15, 0.2) is 42.5 Å². The van der Waals surface area contributed by atoms with E-state index in [1.165, 1.54) is 30.2 Å². The van der Waals surface area contributed by atoms with Crippen LogP contribution in [-0.2, 0) is 26.2 Å². The maximum absolute atomic E-state index is 13.7. The Morgan fingerprint density at radius 3 is 2.44 bits per heavy atom. The van der Waals surface area contributed by atoms with Crippen molar-refractivity contribution in [2.45, 2.75) is 45.7 Å². The monoisotopic (exact) mass is 557 g/mol. The standard InChI is InChI=1S/C25H33Cl2N3O5S/c1-5-7-13-28-25(32)22(6-2)29(16-18-9-8-10-20(14-18)35-3)24(31)17-30(36(4,33)34)23-15-19(26)11-12-21(23)27/h8-12,14-15,22H,5-7,13,16-17H2,1-4H3,(H,28,32)/t22-/m0/s1. The van der Waals surface area contributed by atoms with Crippen LogP contribution >= 0.6 is 23.2 Å². The summed E-state index contributed by atoms with van der Waals surface area (Å²) in [6.07, 6.45) is 3.04. The molecule has 0 aliphatic rings. The van der Waals surface area contributed by atoms with Crippen LogP contribution in [0, 0.1) is 0 Å². The van der Waals surface area contributed by atoms with Crippen molar-refractivity contribution < 1.29 is 22.7 Å². The largest absolute Gasteiger partial charge is 0.497 e. The molecular formula is C25H33Cl2N3O5S. The number of hydrogen-bond donors (Lipinski definition) is 1. The van der Waals surface area contributed by atoms with Gasteiger partial charge in [0.2, 0.25) is 21.8 Å². The van der Waals surface area contributed by atoms with E-state index in [2.05, 4.69) is 5.32 Å². The van der Waals surface area contributed by atoms with E-state index < -0.39 is 28.5 Å². The highest BCUT2D eigenvalue weighted by Crippen LogP contribution is 2.31. The van der Waals surface area contributed by atoms with Crippen molar-refractivity contribution in [3.63, 3.8) is 0 Å². The number of halogens is 2. The first-order valence-electron chi connectivity index (χ1n) is 11.6. The average molecular weight is 559 g/mol. The van der Waals surface area contributed by atoms with Gasteiger partial charge in [-0.1, -0.05) is 55.6 Å². The highest BCUT2D eigenvalue weighted by atomic mass is 35.5. The summed E-state index contributed by atoms with van der Waals surface area (Å²) in [5.74, 6) is -0.255. The lowest BCUT2D eigenvalue weighted by molar-refractivity contribution is -0.140. The lowest BCUT2D eigenvalue weighted by atomic mass is 10.1. The number of carbonyl (C=O) groups is 2. The number of anilines is 1. The van der Waals surface area contributed by atoms with Gasteiger partial charge in [-0.3, -0.25) is 13.9 Å². The number of ether oxygens (including phenoxy) is 1. The normalized spacial score (nSPS) is 12.1. The minimum atomic E-state index is -3.92. The Morgan fingerprint density at radius 1 is 1.11 bits per heavy atom. The molecule has 11 heteroatoms. The van der Waals surface area contributed by atoms with E-state index in [1.54, 1.807) is 25.1 Å². The van der Waals surface area contributed by atoms with E-state index >= 15 is 0 Å². The second kappa shape index (κ2) is 13.7. The summed E-state index contributed by atoms with van der Waals surface area (Å²) >= 11 is 12.3. The molecule has 8 nitrogen and oxygen atoms in total. The third-order valence-electron chi connectivity index (χ3n) is 5.56. The molecule has 0 fully saturated rings. The number of amides is 2. The third-order valence-corrected chi connectivity index (χ3v) is 7.24. The van der Waals surface area contributed by atoms with Crippen molar-refractivity contribution in [3.8, 4) is 5.75 Å². The van der Waals surface area contributed by atoms with Crippen LogP contribution in [-0.4, -0.2) is 57.6 Å². The van der Waals surface area contributed by atoms with Gasteiger partial charge in [0.1, 0.15) is 18.3 Å². The van der Waals surface area contributed by atoms with Crippen LogP contribution in [0.3, 0.4) is 0 Å². The van der Waals surface area contributed by atoms with Gasteiger partial charge in [-0.25, -0.2) is 8.42 Å². The van der Waals surface area contributed by atoms with E-state index in [0.29, 0.717) is 18.7 Å². The van der Waals surface area contributed by atoms with Gasteiger partial charge in [0.25, 0.3) is 0 Å². The minimum absolute atomic E-state index is 0.0800. The molecule has 2 amide bonds. The summed E-state index contributed by atoms with van der Waals surface area (Å²) in [5.41, 5.74) is 0.816. The van der Waals surface area contributed by atoms with Crippen LogP contribution in [0.2, 0.25) is 10.0 Å². The molecule has 2 aromatic carbocycles. The first-order valence-corrected chi connectivity index (χ1v) is 14.2. The maximum atomic E-state index is 13.7. The van der Waals surface area contributed by atoms with E-state index in [9.17, 15) is 18.0 Å². The van der Waals surface area contributed by atoms with Crippen molar-refractivity contribution in [1.29, 1.82) is 0 Å². The van der Waals surface area contributed by atoms with Crippen molar-refractivity contribution >= 4 is 50.7 Å². The zero-order valence-electron chi connectivity index (χ0n) is 21.0. The Kier molecular flexibility index (Phi) is 11.3. The van der Waals surface area contributed by atoms with Crippen molar-refractivity contribution in [1.82, 2.24) is 10.2 Å². The lowest BCUT2D eigenvalue weighted by Gasteiger charge is -2.33. The van der Waals surface area contributed by atoms with Crippen LogP contribution < -0.4 is 14.4 Å². The summed E-state index contributed by atoms with van der Waals surface area (Å²) in [6, 6.07) is 10.7. The van der Waals surface area contributed by atoms with Crippen LogP contribution in [0.4, 0.5) is 5.69 Å². The Morgan fingerprint density at radius 2 is 1.83 bits per heavy atom. The van der Waals surface area contributed by atoms with Crippen molar-refractivity contribution in [3.05, 3.63) is 58.1 Å². The Labute approximate surface area is 223 Å². The molecule has 0 saturated heterocycles. The zero-order valence-corrected chi connectivity index (χ0v) is 23.3. The molecule has 1 atom stereocenters. The number of hydrogen-bond acceptors (Lipinski definition) is 5. The number of unbranched alkanes of at least 4 members (excludes halogenated alkanes) is 1. The number of carbonyl (C=O) groups excluding carboxylic acids is 2. The molecule has 0 heterocycles. The van der Waals surface area contributed by atoms with Crippen molar-refractivity contribution in [2.24, 2.45) is 0 Å². The second-order valence-electron chi connectivity index (χ2n) is 8.31. The third kappa shape index (κ3) is 8.28. The van der Waals surface area contributed by atoms with E-state index in [-0.39, 0.29) is 28.2 Å². The summed E-state index contributed by atoms with van der Waals surface area (Å²) in [4.78, 5) is 28.2. The van der Waals surface area contributed by atoms with Crippen LogP contribution in [0.1, 0.15) is 38.7 Å². The summed E-state index contributed by atoms with van der Waals surface area (Å²) < 4.78 is 31.6. The molecular weight excluding hydrogens is 525 g/mol. The summed E-state index contributed by atoms with van der Waals surface area (Å²) in [5, 5.41) is 3.28. The quantitative estimate of drug-likeness (QED) is 0.366. The van der Waals surface area contributed by atoms with Gasteiger partial charge in [0.05, 0.1) is 24.1 Å². The molecule has 0 aliphatic heterocycles. The Hall–Kier alpha value is -2.49. The number of benzene rings is 2. The minimum Gasteiger partial charge on any atom is -0.497 e.